The van der Waals surface area contributed by atoms with E-state index in [1.54, 1.807) is 0 Å². The molecule has 10 rings (SSSR count). The van der Waals surface area contributed by atoms with Gasteiger partial charge in [-0.3, -0.25) is 0 Å². The second-order valence-corrected chi connectivity index (χ2v) is 13.7. The summed E-state index contributed by atoms with van der Waals surface area (Å²) in [6.07, 6.45) is 7.93. The first-order valence-corrected chi connectivity index (χ1v) is 17.5. The first-order chi connectivity index (χ1) is 24.3. The van der Waals surface area contributed by atoms with Gasteiger partial charge in [-0.05, 0) is 76.7 Å². The summed E-state index contributed by atoms with van der Waals surface area (Å²) in [5.74, 6) is 0.324. The Hall–Kier alpha value is -5.97. The highest BCUT2D eigenvalue weighted by Gasteiger charge is 2.26. The van der Waals surface area contributed by atoms with E-state index in [2.05, 4.69) is 157 Å². The van der Waals surface area contributed by atoms with E-state index < -0.39 is 0 Å². The molecular formula is C45H30N2OS. The van der Waals surface area contributed by atoms with Crippen molar-refractivity contribution in [3.05, 3.63) is 173 Å². The molecule has 1 atom stereocenters. The lowest BCUT2D eigenvalue weighted by Gasteiger charge is -2.29. The Morgan fingerprint density at radius 2 is 1.29 bits per heavy atom. The number of anilines is 3. The number of benzene rings is 6. The van der Waals surface area contributed by atoms with Gasteiger partial charge < -0.3 is 9.32 Å². The molecule has 2 aliphatic rings. The van der Waals surface area contributed by atoms with Gasteiger partial charge in [0, 0.05) is 45.4 Å². The number of furan rings is 1. The molecule has 0 saturated heterocycles. The molecule has 2 aromatic heterocycles. The van der Waals surface area contributed by atoms with E-state index in [0.717, 1.165) is 55.8 Å². The molecule has 0 spiro atoms. The van der Waals surface area contributed by atoms with Gasteiger partial charge in [0.15, 0.2) is 0 Å². The van der Waals surface area contributed by atoms with Crippen molar-refractivity contribution in [2.45, 2.75) is 6.42 Å². The summed E-state index contributed by atoms with van der Waals surface area (Å²) in [7, 11) is 0. The minimum Gasteiger partial charge on any atom is -0.456 e. The van der Waals surface area contributed by atoms with Crippen LogP contribution < -0.4 is 14.8 Å². The van der Waals surface area contributed by atoms with E-state index in [1.165, 1.54) is 37.9 Å². The molecule has 49 heavy (non-hydrogen) atoms. The lowest BCUT2D eigenvalue weighted by Crippen LogP contribution is -2.31. The summed E-state index contributed by atoms with van der Waals surface area (Å²) in [5.41, 5.74) is 12.5. The molecule has 0 saturated carbocycles. The Kier molecular flexibility index (Phi) is 6.49. The van der Waals surface area contributed by atoms with Crippen molar-refractivity contribution < 1.29 is 4.42 Å². The van der Waals surface area contributed by atoms with E-state index in [1.807, 2.05) is 23.5 Å². The van der Waals surface area contributed by atoms with Gasteiger partial charge in [-0.2, -0.15) is 0 Å². The van der Waals surface area contributed by atoms with Gasteiger partial charge in [-0.1, -0.05) is 115 Å². The summed E-state index contributed by atoms with van der Waals surface area (Å²) in [4.78, 5) is 7.47. The van der Waals surface area contributed by atoms with Crippen LogP contribution in [-0.4, -0.2) is 4.98 Å². The number of fused-ring (bicyclic) bond motifs is 7. The largest absolute Gasteiger partial charge is 0.456 e. The van der Waals surface area contributed by atoms with E-state index >= 15 is 0 Å². The highest BCUT2D eigenvalue weighted by atomic mass is 32.1. The van der Waals surface area contributed by atoms with Gasteiger partial charge in [0.05, 0.1) is 9.88 Å². The van der Waals surface area contributed by atoms with Gasteiger partial charge in [0.25, 0.3) is 0 Å². The predicted molar refractivity (Wildman–Crippen MR) is 205 cm³/mol. The fraction of sp³-hybridized carbons (Fsp3) is 0.0444. The minimum atomic E-state index is 0.324. The van der Waals surface area contributed by atoms with Gasteiger partial charge in [-0.25, -0.2) is 4.98 Å². The van der Waals surface area contributed by atoms with Crippen LogP contribution in [0.3, 0.4) is 0 Å². The molecule has 0 aliphatic heterocycles. The van der Waals surface area contributed by atoms with Crippen LogP contribution >= 0.6 is 11.3 Å². The van der Waals surface area contributed by atoms with Crippen molar-refractivity contribution in [1.82, 2.24) is 4.98 Å². The number of aromatic nitrogens is 1. The Morgan fingerprint density at radius 1 is 0.612 bits per heavy atom. The first-order valence-electron chi connectivity index (χ1n) is 16.7. The number of rotatable bonds is 5. The van der Waals surface area contributed by atoms with E-state index in [0.29, 0.717) is 5.92 Å². The highest BCUT2D eigenvalue weighted by Crippen LogP contribution is 2.43. The molecule has 4 heteroatoms. The standard InChI is InChI=1S/C45H30N2OS/c1-3-9-29(10-4-1)30-17-21-34(22-18-30)47(36-24-25-38-37-13-7-8-14-41(37)48-42(38)28-36)35-23-19-31-15-16-32-20-26-40-44(43(32)39(31)27-35)49-45(46-40)33-11-5-2-6-12-33/h1-19,21-28,32H,20H2. The number of nitrogens with zero attached hydrogens (tertiary/aromatic N) is 2. The molecule has 0 radical (unpaired) electrons. The quantitative estimate of drug-likeness (QED) is 0.186. The van der Waals surface area contributed by atoms with Crippen LogP contribution in [0.4, 0.5) is 17.1 Å². The normalized spacial score (nSPS) is 14.7. The number of hydrogen-bond acceptors (Lipinski definition) is 4. The second kappa shape index (κ2) is 11.3. The SMILES string of the molecule is C1=CC2CC=c3nc(-c4ccccc4)sc3=C2c2cc(N(c3ccc(-c4ccccc4)cc3)c3ccc4c(c3)oc3ccccc34)ccc21. The maximum Gasteiger partial charge on any atom is 0.137 e. The van der Waals surface area contributed by atoms with Gasteiger partial charge in [0.1, 0.15) is 16.2 Å². The zero-order valence-corrected chi connectivity index (χ0v) is 27.4. The Bertz CT molecular complexity index is 2690. The predicted octanol–water partition coefficient (Wildman–Crippen LogP) is 10.9. The number of para-hydroxylation sites is 1. The maximum absolute atomic E-state index is 6.38. The van der Waals surface area contributed by atoms with Crippen LogP contribution in [0.15, 0.2) is 156 Å². The van der Waals surface area contributed by atoms with E-state index in [4.69, 9.17) is 9.40 Å². The molecule has 0 amide bonds. The summed E-state index contributed by atoms with van der Waals surface area (Å²) >= 11 is 1.81. The van der Waals surface area contributed by atoms with Gasteiger partial charge >= 0.3 is 0 Å². The van der Waals surface area contributed by atoms with E-state index in [-0.39, 0.29) is 0 Å². The molecular weight excluding hydrogens is 617 g/mol. The third-order valence-electron chi connectivity index (χ3n) is 9.80. The summed E-state index contributed by atoms with van der Waals surface area (Å²) < 4.78 is 7.66. The molecule has 0 N–H and O–H groups in total. The average Bonchev–Trinajstić information content (AvgIpc) is 3.77. The van der Waals surface area contributed by atoms with Crippen LogP contribution in [0.2, 0.25) is 0 Å². The van der Waals surface area contributed by atoms with Crippen molar-refractivity contribution in [2.24, 2.45) is 5.92 Å². The van der Waals surface area contributed by atoms with Crippen LogP contribution in [0, 0.1) is 5.92 Å². The van der Waals surface area contributed by atoms with Crippen molar-refractivity contribution in [2.75, 3.05) is 4.90 Å². The van der Waals surface area contributed by atoms with Crippen molar-refractivity contribution in [3.8, 4) is 21.7 Å². The number of allylic oxidation sites excluding steroid dienone is 1. The molecule has 0 fully saturated rings. The Labute approximate surface area is 288 Å². The minimum absolute atomic E-state index is 0.324. The monoisotopic (exact) mass is 646 g/mol. The molecule has 2 heterocycles. The van der Waals surface area contributed by atoms with Crippen LogP contribution in [0.5, 0.6) is 0 Å². The van der Waals surface area contributed by atoms with Crippen LogP contribution in [-0.2, 0) is 0 Å². The summed E-state index contributed by atoms with van der Waals surface area (Å²) in [6.45, 7) is 0. The van der Waals surface area contributed by atoms with Crippen LogP contribution in [0.1, 0.15) is 17.5 Å². The average molecular weight is 647 g/mol. The number of hydrogen-bond donors (Lipinski definition) is 0. The lowest BCUT2D eigenvalue weighted by molar-refractivity contribution is 0.669. The molecule has 6 aromatic carbocycles. The third kappa shape index (κ3) is 4.75. The van der Waals surface area contributed by atoms with Crippen LogP contribution in [0.25, 0.3) is 61.4 Å². The fourth-order valence-electron chi connectivity index (χ4n) is 7.41. The summed E-state index contributed by atoms with van der Waals surface area (Å²) in [5, 5.41) is 4.43. The van der Waals surface area contributed by atoms with Crippen molar-refractivity contribution in [3.63, 3.8) is 0 Å². The van der Waals surface area contributed by atoms with E-state index in [9.17, 15) is 0 Å². The van der Waals surface area contributed by atoms with Gasteiger partial charge in [0.2, 0.25) is 0 Å². The first kappa shape index (κ1) is 28.1. The zero-order valence-electron chi connectivity index (χ0n) is 26.6. The topological polar surface area (TPSA) is 29.3 Å². The molecule has 1 unspecified atom stereocenters. The summed E-state index contributed by atoms with van der Waals surface area (Å²) in [6, 6.07) is 51.7. The lowest BCUT2D eigenvalue weighted by atomic mass is 9.81. The smallest absolute Gasteiger partial charge is 0.137 e. The molecule has 232 valence electrons. The molecule has 0 bridgehead atoms. The van der Waals surface area contributed by atoms with Crippen molar-refractivity contribution >= 4 is 68.1 Å². The fourth-order valence-corrected chi connectivity index (χ4v) is 8.60. The van der Waals surface area contributed by atoms with Crippen molar-refractivity contribution in [1.29, 1.82) is 0 Å². The molecule has 2 aliphatic carbocycles. The second-order valence-electron chi connectivity index (χ2n) is 12.7. The Balaban J connectivity index is 1.16. The Morgan fingerprint density at radius 3 is 2.12 bits per heavy atom. The maximum atomic E-state index is 6.38. The molecule has 3 nitrogen and oxygen atoms in total. The number of thiazole rings is 1. The van der Waals surface area contributed by atoms with Gasteiger partial charge in [-0.15, -0.1) is 11.3 Å². The third-order valence-corrected chi connectivity index (χ3v) is 11.0. The molecule has 8 aromatic rings. The highest BCUT2D eigenvalue weighted by molar-refractivity contribution is 7.13. The zero-order chi connectivity index (χ0) is 32.3.